The normalized spacial score (nSPS) is 9.08. The number of aromatic hydroxyl groups is 2. The lowest BCUT2D eigenvalue weighted by molar-refractivity contribution is 0.321. The molecule has 4 nitrogen and oxygen atoms in total. The Hall–Kier alpha value is -1.71. The second-order valence-corrected chi connectivity index (χ2v) is 1.89. The van der Waals surface area contributed by atoms with Gasteiger partial charge in [-0.05, 0) is 19.1 Å². The quantitative estimate of drug-likeness (QED) is 0.313. The third-order valence-electron chi connectivity index (χ3n) is 0.945. The Morgan fingerprint density at radius 1 is 1.25 bits per heavy atom. The minimum atomic E-state index is 0.0880. The van der Waals surface area contributed by atoms with Gasteiger partial charge in [0, 0.05) is 12.3 Å². The van der Waals surface area contributed by atoms with E-state index in [4.69, 9.17) is 15.4 Å². The summed E-state index contributed by atoms with van der Waals surface area (Å²) in [5, 5.41) is 27.4. The smallest absolute Gasteiger partial charge is 0.119 e. The lowest BCUT2D eigenvalue weighted by Gasteiger charge is -1.89. The van der Waals surface area contributed by atoms with Crippen LogP contribution in [0.4, 0.5) is 0 Å². The highest BCUT2D eigenvalue weighted by atomic mass is 16.4. The number of hydrogen-bond acceptors (Lipinski definition) is 4. The third kappa shape index (κ3) is 5.10. The summed E-state index contributed by atoms with van der Waals surface area (Å²) in [5.74, 6) is 0.176. The van der Waals surface area contributed by atoms with E-state index in [1.165, 1.54) is 24.4 Å². The zero-order chi connectivity index (χ0) is 9.40. The molecule has 0 aromatic heterocycles. The van der Waals surface area contributed by atoms with E-state index in [-0.39, 0.29) is 11.5 Å². The summed E-state index contributed by atoms with van der Waals surface area (Å²) in [6.07, 6.45) is 1.31. The molecule has 0 aliphatic rings. The molecule has 0 aliphatic heterocycles. The number of nitrogens with zero attached hydrogens (tertiary/aromatic N) is 1. The van der Waals surface area contributed by atoms with Crippen LogP contribution < -0.4 is 0 Å². The Morgan fingerprint density at radius 3 is 1.83 bits per heavy atom. The molecular weight excluding hydrogens is 158 g/mol. The average Bonchev–Trinajstić information content (AvgIpc) is 2.04. The highest BCUT2D eigenvalue weighted by molar-refractivity contribution is 5.51. The summed E-state index contributed by atoms with van der Waals surface area (Å²) in [5.41, 5.74) is 0. The zero-order valence-corrected chi connectivity index (χ0v) is 6.68. The minimum Gasteiger partial charge on any atom is -0.508 e. The van der Waals surface area contributed by atoms with E-state index in [9.17, 15) is 0 Å². The van der Waals surface area contributed by atoms with Gasteiger partial charge in [-0.3, -0.25) is 0 Å². The molecule has 1 rings (SSSR count). The van der Waals surface area contributed by atoms with Crippen LogP contribution >= 0.6 is 0 Å². The van der Waals surface area contributed by atoms with E-state index >= 15 is 0 Å². The van der Waals surface area contributed by atoms with Crippen molar-refractivity contribution in [3.63, 3.8) is 0 Å². The number of rotatable bonds is 0. The van der Waals surface area contributed by atoms with Crippen molar-refractivity contribution in [2.45, 2.75) is 6.92 Å². The van der Waals surface area contributed by atoms with Gasteiger partial charge in [0.05, 0.1) is 0 Å². The highest BCUT2D eigenvalue weighted by Gasteiger charge is 1.85. The molecule has 0 saturated carbocycles. The molecule has 12 heavy (non-hydrogen) atoms. The topological polar surface area (TPSA) is 73.1 Å². The molecule has 0 atom stereocenters. The summed E-state index contributed by atoms with van der Waals surface area (Å²) in [6, 6.07) is 5.85. The van der Waals surface area contributed by atoms with Gasteiger partial charge in [0.15, 0.2) is 0 Å². The number of hydrogen-bond donors (Lipinski definition) is 3. The van der Waals surface area contributed by atoms with E-state index in [0.29, 0.717) is 0 Å². The molecule has 66 valence electrons. The molecule has 1 aromatic carbocycles. The Balaban J connectivity index is 0.000000261. The van der Waals surface area contributed by atoms with E-state index in [1.54, 1.807) is 13.0 Å². The lowest BCUT2D eigenvalue weighted by atomic mass is 10.3. The molecule has 0 spiro atoms. The van der Waals surface area contributed by atoms with E-state index in [1.807, 2.05) is 0 Å². The van der Waals surface area contributed by atoms with Crippen molar-refractivity contribution >= 4 is 6.21 Å². The fraction of sp³-hybridized carbons (Fsp3) is 0.125. The van der Waals surface area contributed by atoms with Crippen LogP contribution in [0.5, 0.6) is 11.5 Å². The maximum Gasteiger partial charge on any atom is 0.119 e. The van der Waals surface area contributed by atoms with Crippen LogP contribution in [0.25, 0.3) is 0 Å². The molecule has 0 unspecified atom stereocenters. The summed E-state index contributed by atoms with van der Waals surface area (Å²) in [7, 11) is 0. The first-order valence-corrected chi connectivity index (χ1v) is 3.30. The van der Waals surface area contributed by atoms with Gasteiger partial charge in [0.25, 0.3) is 0 Å². The molecule has 0 amide bonds. The fourth-order valence-electron chi connectivity index (χ4n) is 0.493. The lowest BCUT2D eigenvalue weighted by Crippen LogP contribution is -1.61. The van der Waals surface area contributed by atoms with Gasteiger partial charge in [-0.1, -0.05) is 6.07 Å². The van der Waals surface area contributed by atoms with Crippen LogP contribution in [0.2, 0.25) is 0 Å². The van der Waals surface area contributed by atoms with Gasteiger partial charge in [0.1, 0.15) is 11.5 Å². The third-order valence-corrected chi connectivity index (χ3v) is 0.945. The van der Waals surface area contributed by atoms with Gasteiger partial charge in [-0.15, -0.1) is 5.16 Å². The van der Waals surface area contributed by atoms with Crippen LogP contribution in [-0.4, -0.2) is 21.6 Å². The summed E-state index contributed by atoms with van der Waals surface area (Å²) < 4.78 is 0. The second kappa shape index (κ2) is 6.03. The molecular formula is C8H11NO3. The van der Waals surface area contributed by atoms with Crippen molar-refractivity contribution in [3.05, 3.63) is 24.3 Å². The van der Waals surface area contributed by atoms with Gasteiger partial charge >= 0.3 is 0 Å². The van der Waals surface area contributed by atoms with Gasteiger partial charge < -0.3 is 15.4 Å². The highest BCUT2D eigenvalue weighted by Crippen LogP contribution is 2.14. The van der Waals surface area contributed by atoms with E-state index in [0.717, 1.165) is 0 Å². The Bertz CT molecular complexity index is 227. The van der Waals surface area contributed by atoms with Crippen molar-refractivity contribution in [2.24, 2.45) is 5.16 Å². The van der Waals surface area contributed by atoms with E-state index < -0.39 is 0 Å². The Morgan fingerprint density at radius 2 is 1.67 bits per heavy atom. The summed E-state index contributed by atoms with van der Waals surface area (Å²) in [4.78, 5) is 0. The number of phenols is 2. The van der Waals surface area contributed by atoms with Crippen molar-refractivity contribution in [3.8, 4) is 11.5 Å². The molecule has 0 bridgehead atoms. The first-order valence-electron chi connectivity index (χ1n) is 3.30. The first-order chi connectivity index (χ1) is 5.70. The molecule has 1 aromatic rings. The van der Waals surface area contributed by atoms with Crippen molar-refractivity contribution in [1.82, 2.24) is 0 Å². The van der Waals surface area contributed by atoms with Crippen LogP contribution in [0.1, 0.15) is 6.92 Å². The second-order valence-electron chi connectivity index (χ2n) is 1.89. The van der Waals surface area contributed by atoms with Crippen LogP contribution in [0.15, 0.2) is 29.4 Å². The monoisotopic (exact) mass is 169 g/mol. The predicted octanol–water partition coefficient (Wildman–Crippen LogP) is 1.56. The molecule has 3 N–H and O–H groups in total. The first kappa shape index (κ1) is 10.3. The molecule has 0 radical (unpaired) electrons. The Labute approximate surface area is 70.4 Å². The predicted molar refractivity (Wildman–Crippen MR) is 45.7 cm³/mol. The van der Waals surface area contributed by atoms with Crippen molar-refractivity contribution < 1.29 is 15.4 Å². The minimum absolute atomic E-state index is 0.0880. The van der Waals surface area contributed by atoms with Crippen LogP contribution in [0, 0.1) is 0 Å². The summed E-state index contributed by atoms with van der Waals surface area (Å²) >= 11 is 0. The van der Waals surface area contributed by atoms with Gasteiger partial charge in [0.2, 0.25) is 0 Å². The maximum absolute atomic E-state index is 8.65. The molecule has 0 fully saturated rings. The van der Waals surface area contributed by atoms with Crippen LogP contribution in [0.3, 0.4) is 0 Å². The summed E-state index contributed by atoms with van der Waals surface area (Å²) in [6.45, 7) is 1.64. The largest absolute Gasteiger partial charge is 0.508 e. The van der Waals surface area contributed by atoms with E-state index in [2.05, 4.69) is 5.16 Å². The van der Waals surface area contributed by atoms with Crippen molar-refractivity contribution in [2.75, 3.05) is 0 Å². The molecule has 0 saturated heterocycles. The fourth-order valence-corrected chi connectivity index (χ4v) is 0.493. The molecule has 4 heteroatoms. The number of benzene rings is 1. The maximum atomic E-state index is 8.65. The van der Waals surface area contributed by atoms with Gasteiger partial charge in [-0.25, -0.2) is 0 Å². The standard InChI is InChI=1S/C6H6O2.C2H5NO/c7-5-2-1-3-6(8)4-5;1-2-3-4/h1-4,7-8H;2,4H,1H3/b;3-2+. The average molecular weight is 169 g/mol. The number of phenolic OH excluding ortho intramolecular Hbond substituents is 2. The molecule has 0 heterocycles. The van der Waals surface area contributed by atoms with Crippen LogP contribution in [-0.2, 0) is 0 Å². The number of oxime groups is 1. The van der Waals surface area contributed by atoms with Crippen molar-refractivity contribution in [1.29, 1.82) is 0 Å². The molecule has 0 aliphatic carbocycles. The Kier molecular flexibility index (Phi) is 5.17. The van der Waals surface area contributed by atoms with Gasteiger partial charge in [-0.2, -0.15) is 0 Å². The SMILES string of the molecule is C/C=N/O.Oc1cccc(O)c1. The zero-order valence-electron chi connectivity index (χ0n) is 6.68.